The Labute approximate surface area is 213 Å². The van der Waals surface area contributed by atoms with Crippen molar-refractivity contribution < 1.29 is 9.59 Å². The molecule has 2 amide bonds. The highest BCUT2D eigenvalue weighted by molar-refractivity contribution is 6.33. The number of benzene rings is 2. The normalized spacial score (nSPS) is 18.8. The summed E-state index contributed by atoms with van der Waals surface area (Å²) in [4.78, 5) is 36.5. The molecule has 1 aliphatic carbocycles. The number of carbonyl (C=O) groups excluding carboxylic acids is 2. The van der Waals surface area contributed by atoms with Crippen LogP contribution in [0.5, 0.6) is 0 Å². The second-order valence-electron chi connectivity index (χ2n) is 9.19. The fourth-order valence-corrected chi connectivity index (χ4v) is 4.79. The number of hydrogen-bond acceptors (Lipinski definition) is 5. The number of hydrogen-bond donors (Lipinski definition) is 4. The molecule has 2 heterocycles. The van der Waals surface area contributed by atoms with E-state index < -0.39 is 0 Å². The molecular formula is C27H25ClN6O2. The number of nitrogens with zero attached hydrogens (tertiary/aromatic N) is 2. The molecule has 9 heteroatoms. The summed E-state index contributed by atoms with van der Waals surface area (Å²) in [6.45, 7) is 5.40. The van der Waals surface area contributed by atoms with E-state index in [4.69, 9.17) is 11.6 Å². The van der Waals surface area contributed by atoms with Crippen LogP contribution in [0.1, 0.15) is 19.8 Å². The minimum Gasteiger partial charge on any atom is -0.360 e. The van der Waals surface area contributed by atoms with E-state index >= 15 is 0 Å². The molecule has 4 N–H and O–H groups in total. The molecule has 1 aliphatic rings. The molecule has 36 heavy (non-hydrogen) atoms. The molecule has 182 valence electrons. The van der Waals surface area contributed by atoms with Crippen molar-refractivity contribution in [2.24, 2.45) is 5.92 Å². The van der Waals surface area contributed by atoms with Crippen LogP contribution in [0.3, 0.4) is 0 Å². The topological polar surface area (TPSA) is 112 Å². The Balaban J connectivity index is 1.27. The zero-order valence-electron chi connectivity index (χ0n) is 19.6. The SMILES string of the molecule is C=CC(=O)NC1(C)CC(C(=O)Nc2cccc(Nc3ncc(Cl)c(-c4c[nH]c5ccccc45)n3)c2)C1. The number of carbonyl (C=O) groups is 2. The summed E-state index contributed by atoms with van der Waals surface area (Å²) in [5, 5.41) is 10.5. The summed E-state index contributed by atoms with van der Waals surface area (Å²) in [7, 11) is 0. The van der Waals surface area contributed by atoms with Crippen LogP contribution >= 0.6 is 11.6 Å². The number of aromatic amines is 1. The highest BCUT2D eigenvalue weighted by atomic mass is 35.5. The van der Waals surface area contributed by atoms with Gasteiger partial charge in [0.25, 0.3) is 0 Å². The summed E-state index contributed by atoms with van der Waals surface area (Å²) in [5.74, 6) is -0.0971. The van der Waals surface area contributed by atoms with Gasteiger partial charge in [0.05, 0.1) is 16.9 Å². The number of H-pyrrole nitrogens is 1. The summed E-state index contributed by atoms with van der Waals surface area (Å²) >= 11 is 6.44. The molecule has 0 unspecified atom stereocenters. The van der Waals surface area contributed by atoms with Crippen LogP contribution in [0, 0.1) is 5.92 Å². The van der Waals surface area contributed by atoms with E-state index in [1.807, 2.05) is 61.7 Å². The minimum atomic E-state index is -0.384. The van der Waals surface area contributed by atoms with Gasteiger partial charge in [0.15, 0.2) is 0 Å². The van der Waals surface area contributed by atoms with Crippen LogP contribution in [0.15, 0.2) is 73.6 Å². The van der Waals surface area contributed by atoms with Gasteiger partial charge < -0.3 is 20.9 Å². The van der Waals surface area contributed by atoms with Gasteiger partial charge in [-0.2, -0.15) is 0 Å². The van der Waals surface area contributed by atoms with Crippen LogP contribution < -0.4 is 16.0 Å². The van der Waals surface area contributed by atoms with Crippen LogP contribution in [0.4, 0.5) is 17.3 Å². The predicted molar refractivity (Wildman–Crippen MR) is 142 cm³/mol. The highest BCUT2D eigenvalue weighted by Crippen LogP contribution is 2.38. The molecule has 0 atom stereocenters. The number of amides is 2. The maximum atomic E-state index is 12.7. The third kappa shape index (κ3) is 4.81. The number of fused-ring (bicyclic) bond motifs is 1. The summed E-state index contributed by atoms with van der Waals surface area (Å²) in [5.41, 5.74) is 3.49. The largest absolute Gasteiger partial charge is 0.360 e. The molecule has 2 aromatic carbocycles. The average molecular weight is 501 g/mol. The summed E-state index contributed by atoms with van der Waals surface area (Å²) in [6.07, 6.45) is 5.84. The van der Waals surface area contributed by atoms with Crippen LogP contribution in [-0.2, 0) is 9.59 Å². The third-order valence-electron chi connectivity index (χ3n) is 6.35. The van der Waals surface area contributed by atoms with Crippen LogP contribution in [-0.4, -0.2) is 32.3 Å². The van der Waals surface area contributed by atoms with Gasteiger partial charge in [-0.05, 0) is 50.1 Å². The third-order valence-corrected chi connectivity index (χ3v) is 6.63. The molecule has 4 aromatic rings. The van der Waals surface area contributed by atoms with Gasteiger partial charge in [-0.3, -0.25) is 9.59 Å². The molecule has 1 saturated carbocycles. The molecule has 0 spiro atoms. The van der Waals surface area contributed by atoms with Gasteiger partial charge in [0.2, 0.25) is 17.8 Å². The second kappa shape index (κ2) is 9.47. The molecule has 0 saturated heterocycles. The van der Waals surface area contributed by atoms with Crippen molar-refractivity contribution in [1.82, 2.24) is 20.3 Å². The molecule has 2 aromatic heterocycles. The molecule has 5 rings (SSSR count). The molecular weight excluding hydrogens is 476 g/mol. The van der Waals surface area contributed by atoms with E-state index in [1.165, 1.54) is 6.08 Å². The smallest absolute Gasteiger partial charge is 0.243 e. The monoisotopic (exact) mass is 500 g/mol. The number of nitrogens with one attached hydrogen (secondary N) is 4. The number of halogens is 1. The van der Waals surface area contributed by atoms with Gasteiger partial charge in [0, 0.05) is 45.5 Å². The first kappa shape index (κ1) is 23.6. The van der Waals surface area contributed by atoms with Crippen molar-refractivity contribution in [3.05, 3.63) is 78.6 Å². The van der Waals surface area contributed by atoms with E-state index in [-0.39, 0.29) is 23.3 Å². The van der Waals surface area contributed by atoms with Crippen molar-refractivity contribution in [1.29, 1.82) is 0 Å². The molecule has 8 nitrogen and oxygen atoms in total. The van der Waals surface area contributed by atoms with Gasteiger partial charge in [-0.1, -0.05) is 42.4 Å². The Morgan fingerprint density at radius 1 is 1.17 bits per heavy atom. The van der Waals surface area contributed by atoms with Crippen molar-refractivity contribution in [3.8, 4) is 11.3 Å². The standard InChI is InChI=1S/C27H25ClN6O2/c1-3-23(35)34-27(2)12-16(13-27)25(36)31-17-7-6-8-18(11-17)32-26-30-15-21(28)24(33-26)20-14-29-22-10-5-4-9-19(20)22/h3-11,14-16,29H,1,12-13H2,2H3,(H,31,36)(H,34,35)(H,30,32,33). The van der Waals surface area contributed by atoms with Crippen molar-refractivity contribution in [2.75, 3.05) is 10.6 Å². The summed E-state index contributed by atoms with van der Waals surface area (Å²) < 4.78 is 0. The number of aromatic nitrogens is 3. The van der Waals surface area contributed by atoms with E-state index in [2.05, 4.69) is 37.5 Å². The number of anilines is 3. The zero-order chi connectivity index (χ0) is 25.3. The molecule has 0 aliphatic heterocycles. The first-order valence-electron chi connectivity index (χ1n) is 11.6. The Hall–Kier alpha value is -4.17. The van der Waals surface area contributed by atoms with E-state index in [1.54, 1.807) is 6.20 Å². The summed E-state index contributed by atoms with van der Waals surface area (Å²) in [6, 6.07) is 15.3. The fourth-order valence-electron chi connectivity index (χ4n) is 4.60. The lowest BCUT2D eigenvalue weighted by Gasteiger charge is -2.44. The fraction of sp³-hybridized carbons (Fsp3) is 0.185. The van der Waals surface area contributed by atoms with E-state index in [0.717, 1.165) is 22.2 Å². The maximum absolute atomic E-state index is 12.7. The van der Waals surface area contributed by atoms with Gasteiger partial charge in [-0.25, -0.2) is 9.97 Å². The number of rotatable bonds is 7. The zero-order valence-corrected chi connectivity index (χ0v) is 20.4. The van der Waals surface area contributed by atoms with Crippen LogP contribution in [0.25, 0.3) is 22.2 Å². The Morgan fingerprint density at radius 2 is 1.94 bits per heavy atom. The molecule has 1 fully saturated rings. The van der Waals surface area contributed by atoms with Gasteiger partial charge in [-0.15, -0.1) is 0 Å². The quantitative estimate of drug-likeness (QED) is 0.253. The Bertz CT molecular complexity index is 1470. The van der Waals surface area contributed by atoms with E-state index in [9.17, 15) is 9.59 Å². The Morgan fingerprint density at radius 3 is 2.75 bits per heavy atom. The van der Waals surface area contributed by atoms with Crippen molar-refractivity contribution in [3.63, 3.8) is 0 Å². The first-order valence-corrected chi connectivity index (χ1v) is 11.9. The van der Waals surface area contributed by atoms with Crippen molar-refractivity contribution >= 4 is 51.6 Å². The predicted octanol–water partition coefficient (Wildman–Crippen LogP) is 5.43. The minimum absolute atomic E-state index is 0.0816. The van der Waals surface area contributed by atoms with E-state index in [0.29, 0.717) is 35.2 Å². The first-order chi connectivity index (χ1) is 17.3. The lowest BCUT2D eigenvalue weighted by Crippen LogP contribution is -2.57. The lowest BCUT2D eigenvalue weighted by atomic mass is 9.69. The highest BCUT2D eigenvalue weighted by Gasteiger charge is 2.44. The van der Waals surface area contributed by atoms with Crippen LogP contribution in [0.2, 0.25) is 5.02 Å². The molecule has 0 radical (unpaired) electrons. The maximum Gasteiger partial charge on any atom is 0.243 e. The van der Waals surface area contributed by atoms with Crippen molar-refractivity contribution in [2.45, 2.75) is 25.3 Å². The number of para-hydroxylation sites is 1. The Kier molecular flexibility index (Phi) is 6.20. The van der Waals surface area contributed by atoms with Gasteiger partial charge >= 0.3 is 0 Å². The average Bonchev–Trinajstić information content (AvgIpc) is 3.28. The lowest BCUT2D eigenvalue weighted by molar-refractivity contribution is -0.128. The second-order valence-corrected chi connectivity index (χ2v) is 9.60. The van der Waals surface area contributed by atoms with Gasteiger partial charge in [0.1, 0.15) is 0 Å². The molecule has 0 bridgehead atoms.